The number of nitrogens with zero attached hydrogens (tertiary/aromatic N) is 3. The van der Waals surface area contributed by atoms with Gasteiger partial charge in [-0.3, -0.25) is 0 Å². The van der Waals surface area contributed by atoms with E-state index in [-0.39, 0.29) is 16.1 Å². The van der Waals surface area contributed by atoms with Crippen LogP contribution >= 0.6 is 23.2 Å². The maximum atomic E-state index is 8.10. The van der Waals surface area contributed by atoms with E-state index >= 15 is 0 Å². The molecule has 1 aromatic heterocycles. The summed E-state index contributed by atoms with van der Waals surface area (Å²) in [5.74, 6) is 0.171. The minimum Gasteiger partial charge on any atom is -0.411 e. The average molecular weight is 192 g/mol. The Morgan fingerprint density at radius 3 is 2.36 bits per heavy atom. The van der Waals surface area contributed by atoms with Crippen LogP contribution in [0, 0.1) is 0 Å². The molecule has 6 heteroatoms. The molecule has 0 aliphatic carbocycles. The minimum atomic E-state index is 0.171. The van der Waals surface area contributed by atoms with Crippen molar-refractivity contribution >= 4 is 29.4 Å². The molecule has 0 atom stereocenters. The van der Waals surface area contributed by atoms with Crippen LogP contribution in [0.1, 0.15) is 5.82 Å². The molecule has 0 saturated carbocycles. The Morgan fingerprint density at radius 2 is 1.91 bits per heavy atom. The second-order valence-electron chi connectivity index (χ2n) is 1.62. The summed E-state index contributed by atoms with van der Waals surface area (Å²) < 4.78 is 0. The summed E-state index contributed by atoms with van der Waals surface area (Å²) in [6.45, 7) is 0. The standard InChI is InChI=1S/C5H3Cl2N3O/c6-3-1-4(7)10-5(9-3)2-8-11/h1-2,11H/b8-2-. The quantitative estimate of drug-likeness (QED) is 0.318. The Morgan fingerprint density at radius 1 is 1.36 bits per heavy atom. The lowest BCUT2D eigenvalue weighted by Crippen LogP contribution is -1.93. The van der Waals surface area contributed by atoms with Crippen LogP contribution < -0.4 is 0 Å². The molecule has 0 radical (unpaired) electrons. The Balaban J connectivity index is 3.08. The number of hydrogen-bond acceptors (Lipinski definition) is 4. The molecule has 1 rings (SSSR count). The largest absolute Gasteiger partial charge is 0.411 e. The molecule has 4 nitrogen and oxygen atoms in total. The van der Waals surface area contributed by atoms with E-state index in [0.717, 1.165) is 6.21 Å². The fourth-order valence-electron chi connectivity index (χ4n) is 0.516. The van der Waals surface area contributed by atoms with Gasteiger partial charge in [0.25, 0.3) is 0 Å². The first-order valence-corrected chi connectivity index (χ1v) is 3.35. The molecule has 0 unspecified atom stereocenters. The Kier molecular flexibility index (Phi) is 2.62. The van der Waals surface area contributed by atoms with Gasteiger partial charge >= 0.3 is 0 Å². The van der Waals surface area contributed by atoms with E-state index in [2.05, 4.69) is 15.1 Å². The monoisotopic (exact) mass is 191 g/mol. The van der Waals surface area contributed by atoms with Crippen LogP contribution in [-0.2, 0) is 0 Å². The molecule has 0 saturated heterocycles. The van der Waals surface area contributed by atoms with Crippen molar-refractivity contribution in [3.63, 3.8) is 0 Å². The maximum Gasteiger partial charge on any atom is 0.176 e. The molecule has 0 aromatic carbocycles. The van der Waals surface area contributed by atoms with Crippen molar-refractivity contribution in [1.82, 2.24) is 9.97 Å². The fraction of sp³-hybridized carbons (Fsp3) is 0. The Bertz CT molecular complexity index is 269. The number of halogens is 2. The smallest absolute Gasteiger partial charge is 0.176 e. The highest BCUT2D eigenvalue weighted by Crippen LogP contribution is 2.10. The zero-order valence-electron chi connectivity index (χ0n) is 5.20. The van der Waals surface area contributed by atoms with Crippen molar-refractivity contribution in [3.05, 3.63) is 22.2 Å². The van der Waals surface area contributed by atoms with E-state index in [1.807, 2.05) is 0 Å². The summed E-state index contributed by atoms with van der Waals surface area (Å²) in [4.78, 5) is 7.37. The molecular weight excluding hydrogens is 189 g/mol. The summed E-state index contributed by atoms with van der Waals surface area (Å²) in [5, 5.41) is 11.2. The van der Waals surface area contributed by atoms with E-state index < -0.39 is 0 Å². The first kappa shape index (κ1) is 8.23. The predicted molar refractivity (Wildman–Crippen MR) is 41.4 cm³/mol. The van der Waals surface area contributed by atoms with E-state index in [9.17, 15) is 0 Å². The fourth-order valence-corrected chi connectivity index (χ4v) is 0.952. The second-order valence-corrected chi connectivity index (χ2v) is 2.39. The SMILES string of the molecule is O/N=C\c1nc(Cl)cc(Cl)n1. The third-order valence-electron chi connectivity index (χ3n) is 0.854. The van der Waals surface area contributed by atoms with Gasteiger partial charge in [0.15, 0.2) is 5.82 Å². The third kappa shape index (κ3) is 2.32. The van der Waals surface area contributed by atoms with Gasteiger partial charge in [-0.05, 0) is 0 Å². The van der Waals surface area contributed by atoms with Gasteiger partial charge < -0.3 is 5.21 Å². The lowest BCUT2D eigenvalue weighted by molar-refractivity contribution is 0.321. The second kappa shape index (κ2) is 3.50. The van der Waals surface area contributed by atoms with Crippen LogP contribution in [0.3, 0.4) is 0 Å². The molecule has 0 amide bonds. The van der Waals surface area contributed by atoms with Crippen molar-refractivity contribution in [3.8, 4) is 0 Å². The highest BCUT2D eigenvalue weighted by molar-refractivity contribution is 6.33. The van der Waals surface area contributed by atoms with Crippen molar-refractivity contribution in [2.75, 3.05) is 0 Å². The average Bonchev–Trinajstić information content (AvgIpc) is 1.85. The van der Waals surface area contributed by atoms with Gasteiger partial charge in [0, 0.05) is 6.07 Å². The molecule has 0 bridgehead atoms. The van der Waals surface area contributed by atoms with E-state index in [1.54, 1.807) is 0 Å². The normalized spacial score (nSPS) is 10.7. The van der Waals surface area contributed by atoms with Gasteiger partial charge in [0.2, 0.25) is 0 Å². The van der Waals surface area contributed by atoms with Crippen molar-refractivity contribution in [1.29, 1.82) is 0 Å². The van der Waals surface area contributed by atoms with Crippen molar-refractivity contribution < 1.29 is 5.21 Å². The van der Waals surface area contributed by atoms with Crippen LogP contribution in [0.4, 0.5) is 0 Å². The number of rotatable bonds is 1. The third-order valence-corrected chi connectivity index (χ3v) is 1.24. The lowest BCUT2D eigenvalue weighted by Gasteiger charge is -1.92. The summed E-state index contributed by atoms with van der Waals surface area (Å²) in [6.07, 6.45) is 1.04. The molecule has 1 heterocycles. The summed E-state index contributed by atoms with van der Waals surface area (Å²) in [6, 6.07) is 1.39. The van der Waals surface area contributed by atoms with Crippen LogP contribution in [0.2, 0.25) is 10.3 Å². The van der Waals surface area contributed by atoms with E-state index in [0.29, 0.717) is 0 Å². The van der Waals surface area contributed by atoms with Crippen LogP contribution in [0.25, 0.3) is 0 Å². The van der Waals surface area contributed by atoms with Crippen LogP contribution in [0.5, 0.6) is 0 Å². The lowest BCUT2D eigenvalue weighted by atomic mass is 10.6. The minimum absolute atomic E-state index is 0.171. The number of aromatic nitrogens is 2. The molecule has 0 aliphatic rings. The first-order chi connectivity index (χ1) is 5.22. The summed E-state index contributed by atoms with van der Waals surface area (Å²) in [5.41, 5.74) is 0. The maximum absolute atomic E-state index is 8.10. The van der Waals surface area contributed by atoms with Gasteiger partial charge in [0.05, 0.1) is 0 Å². The van der Waals surface area contributed by atoms with E-state index in [1.165, 1.54) is 6.07 Å². The predicted octanol–water partition coefficient (Wildman–Crippen LogP) is 1.59. The van der Waals surface area contributed by atoms with Crippen LogP contribution in [-0.4, -0.2) is 21.4 Å². The van der Waals surface area contributed by atoms with Gasteiger partial charge in [-0.2, -0.15) is 0 Å². The van der Waals surface area contributed by atoms with Gasteiger partial charge in [-0.25, -0.2) is 9.97 Å². The first-order valence-electron chi connectivity index (χ1n) is 2.60. The summed E-state index contributed by atoms with van der Waals surface area (Å²) >= 11 is 11.0. The molecule has 58 valence electrons. The van der Waals surface area contributed by atoms with Crippen LogP contribution in [0.15, 0.2) is 11.2 Å². The highest BCUT2D eigenvalue weighted by Gasteiger charge is 1.97. The number of hydrogen-bond donors (Lipinski definition) is 1. The number of oxime groups is 1. The van der Waals surface area contributed by atoms with Crippen molar-refractivity contribution in [2.45, 2.75) is 0 Å². The molecule has 11 heavy (non-hydrogen) atoms. The van der Waals surface area contributed by atoms with Crippen molar-refractivity contribution in [2.24, 2.45) is 5.16 Å². The van der Waals surface area contributed by atoms with Gasteiger partial charge in [-0.1, -0.05) is 28.4 Å². The molecule has 0 spiro atoms. The molecule has 0 fully saturated rings. The van der Waals surface area contributed by atoms with Gasteiger partial charge in [0.1, 0.15) is 16.5 Å². The topological polar surface area (TPSA) is 58.4 Å². The van der Waals surface area contributed by atoms with E-state index in [4.69, 9.17) is 28.4 Å². The zero-order chi connectivity index (χ0) is 8.27. The zero-order valence-corrected chi connectivity index (χ0v) is 6.71. The molecule has 1 N–H and O–H groups in total. The molecule has 1 aromatic rings. The summed E-state index contributed by atoms with van der Waals surface area (Å²) in [7, 11) is 0. The highest BCUT2D eigenvalue weighted by atomic mass is 35.5. The Labute approximate surface area is 72.5 Å². The Hall–Kier alpha value is -0.870. The molecular formula is C5H3Cl2N3O. The van der Waals surface area contributed by atoms with Gasteiger partial charge in [-0.15, -0.1) is 0 Å². The molecule has 0 aliphatic heterocycles.